The zero-order valence-electron chi connectivity index (χ0n) is 15.4. The Morgan fingerprint density at radius 3 is 2.44 bits per heavy atom. The molecule has 0 aromatic heterocycles. The molecule has 0 atom stereocenters. The van der Waals surface area contributed by atoms with Crippen LogP contribution < -0.4 is 10.1 Å². The summed E-state index contributed by atoms with van der Waals surface area (Å²) in [7, 11) is 3.24. The first-order valence-electron chi connectivity index (χ1n) is 8.71. The number of ether oxygens (including phenoxy) is 1. The van der Waals surface area contributed by atoms with E-state index in [1.54, 1.807) is 36.2 Å². The highest BCUT2D eigenvalue weighted by molar-refractivity contribution is 5.98. The number of carbonyl (C=O) groups excluding carboxylic acids is 2. The molecule has 5 heteroatoms. The maximum absolute atomic E-state index is 12.4. The van der Waals surface area contributed by atoms with Gasteiger partial charge in [0.2, 0.25) is 5.91 Å². The molecule has 0 aliphatic carbocycles. The van der Waals surface area contributed by atoms with Crippen LogP contribution in [0.5, 0.6) is 5.75 Å². The lowest BCUT2D eigenvalue weighted by atomic mass is 10.1. The van der Waals surface area contributed by atoms with Crippen molar-refractivity contribution in [2.24, 2.45) is 0 Å². The van der Waals surface area contributed by atoms with Crippen LogP contribution >= 0.6 is 0 Å². The highest BCUT2D eigenvalue weighted by Gasteiger charge is 2.15. The fourth-order valence-corrected chi connectivity index (χ4v) is 2.92. The Morgan fingerprint density at radius 1 is 0.963 bits per heavy atom. The SMILES string of the molecule is COc1ccccc1C(=O)NCC(=O)N(C)Cc1ccc2ccccc2c1. The number of carbonyl (C=O) groups is 2. The van der Waals surface area contributed by atoms with Crippen molar-refractivity contribution in [1.29, 1.82) is 0 Å². The molecule has 0 aliphatic rings. The second kappa shape index (κ2) is 8.36. The van der Waals surface area contributed by atoms with E-state index in [1.807, 2.05) is 30.3 Å². The molecule has 0 bridgehead atoms. The third-order valence-electron chi connectivity index (χ3n) is 4.41. The highest BCUT2D eigenvalue weighted by Crippen LogP contribution is 2.17. The first kappa shape index (κ1) is 18.5. The molecule has 27 heavy (non-hydrogen) atoms. The molecule has 1 N–H and O–H groups in total. The van der Waals surface area contributed by atoms with Crippen LogP contribution in [0.15, 0.2) is 66.7 Å². The van der Waals surface area contributed by atoms with Gasteiger partial charge in [-0.15, -0.1) is 0 Å². The predicted octanol–water partition coefficient (Wildman–Crippen LogP) is 3.24. The van der Waals surface area contributed by atoms with E-state index in [4.69, 9.17) is 4.74 Å². The number of nitrogens with one attached hydrogen (secondary N) is 1. The van der Waals surface area contributed by atoms with E-state index < -0.39 is 0 Å². The lowest BCUT2D eigenvalue weighted by Crippen LogP contribution is -2.37. The van der Waals surface area contributed by atoms with Gasteiger partial charge in [0.15, 0.2) is 0 Å². The van der Waals surface area contributed by atoms with E-state index in [-0.39, 0.29) is 18.4 Å². The van der Waals surface area contributed by atoms with Crippen LogP contribution in [0.3, 0.4) is 0 Å². The van der Waals surface area contributed by atoms with Crippen LogP contribution in [-0.2, 0) is 11.3 Å². The third-order valence-corrected chi connectivity index (χ3v) is 4.41. The van der Waals surface area contributed by atoms with Crippen LogP contribution in [0.2, 0.25) is 0 Å². The molecule has 0 aliphatic heterocycles. The zero-order chi connectivity index (χ0) is 19.2. The van der Waals surface area contributed by atoms with Crippen molar-refractivity contribution in [2.45, 2.75) is 6.54 Å². The van der Waals surface area contributed by atoms with E-state index in [0.717, 1.165) is 10.9 Å². The molecule has 138 valence electrons. The molecule has 2 amide bonds. The number of benzene rings is 3. The van der Waals surface area contributed by atoms with Crippen molar-refractivity contribution in [3.05, 3.63) is 77.9 Å². The average Bonchev–Trinajstić information content (AvgIpc) is 2.71. The molecule has 0 saturated heterocycles. The monoisotopic (exact) mass is 362 g/mol. The van der Waals surface area contributed by atoms with Gasteiger partial charge in [0.1, 0.15) is 5.75 Å². The number of hydrogen-bond donors (Lipinski definition) is 1. The molecule has 3 aromatic rings. The summed E-state index contributed by atoms with van der Waals surface area (Å²) < 4.78 is 5.18. The molecule has 0 fully saturated rings. The molecule has 3 rings (SSSR count). The van der Waals surface area contributed by atoms with E-state index in [1.165, 1.54) is 12.5 Å². The fourth-order valence-electron chi connectivity index (χ4n) is 2.92. The molecular formula is C22H22N2O3. The lowest BCUT2D eigenvalue weighted by molar-refractivity contribution is -0.129. The Morgan fingerprint density at radius 2 is 1.67 bits per heavy atom. The first-order valence-corrected chi connectivity index (χ1v) is 8.71. The number of likely N-dealkylation sites (N-methyl/N-ethyl adjacent to an activating group) is 1. The number of amides is 2. The van der Waals surface area contributed by atoms with Crippen LogP contribution in [0.25, 0.3) is 10.8 Å². The summed E-state index contributed by atoms with van der Waals surface area (Å²) in [6.07, 6.45) is 0. The molecule has 0 spiro atoms. The minimum atomic E-state index is -0.333. The molecule has 3 aromatic carbocycles. The fraction of sp³-hybridized carbons (Fsp3) is 0.182. The van der Waals surface area contributed by atoms with Gasteiger partial charge in [-0.1, -0.05) is 48.5 Å². The summed E-state index contributed by atoms with van der Waals surface area (Å²) in [4.78, 5) is 26.3. The van der Waals surface area contributed by atoms with Crippen LogP contribution in [0.1, 0.15) is 15.9 Å². The predicted molar refractivity (Wildman–Crippen MR) is 106 cm³/mol. The smallest absolute Gasteiger partial charge is 0.255 e. The van der Waals surface area contributed by atoms with E-state index in [9.17, 15) is 9.59 Å². The van der Waals surface area contributed by atoms with E-state index >= 15 is 0 Å². The second-order valence-electron chi connectivity index (χ2n) is 6.31. The third kappa shape index (κ3) is 4.44. The topological polar surface area (TPSA) is 58.6 Å². The van der Waals surface area contributed by atoms with Crippen molar-refractivity contribution < 1.29 is 14.3 Å². The molecule has 0 heterocycles. The summed E-state index contributed by atoms with van der Waals surface area (Å²) in [6, 6.07) is 21.2. The van der Waals surface area contributed by atoms with Gasteiger partial charge in [0.05, 0.1) is 19.2 Å². The molecule has 0 saturated carbocycles. The van der Waals surface area contributed by atoms with Gasteiger partial charge in [-0.25, -0.2) is 0 Å². The van der Waals surface area contributed by atoms with Gasteiger partial charge in [-0.3, -0.25) is 9.59 Å². The Balaban J connectivity index is 1.59. The average molecular weight is 362 g/mol. The normalized spacial score (nSPS) is 10.4. The van der Waals surface area contributed by atoms with E-state index in [2.05, 4.69) is 17.4 Å². The van der Waals surface area contributed by atoms with Crippen molar-refractivity contribution >= 4 is 22.6 Å². The van der Waals surface area contributed by atoms with Gasteiger partial charge in [-0.2, -0.15) is 0 Å². The van der Waals surface area contributed by atoms with Crippen LogP contribution in [0, 0.1) is 0 Å². The molecule has 5 nitrogen and oxygen atoms in total. The lowest BCUT2D eigenvalue weighted by Gasteiger charge is -2.18. The van der Waals surface area contributed by atoms with Gasteiger partial charge in [-0.05, 0) is 34.5 Å². The van der Waals surface area contributed by atoms with Crippen molar-refractivity contribution in [3.63, 3.8) is 0 Å². The number of fused-ring (bicyclic) bond motifs is 1. The second-order valence-corrected chi connectivity index (χ2v) is 6.31. The first-order chi connectivity index (χ1) is 13.1. The van der Waals surface area contributed by atoms with Gasteiger partial charge in [0.25, 0.3) is 5.91 Å². The van der Waals surface area contributed by atoms with E-state index in [0.29, 0.717) is 17.9 Å². The summed E-state index contributed by atoms with van der Waals surface area (Å²) in [6.45, 7) is 0.412. The molecule has 0 unspecified atom stereocenters. The van der Waals surface area contributed by atoms with Crippen molar-refractivity contribution in [1.82, 2.24) is 10.2 Å². The largest absolute Gasteiger partial charge is 0.496 e. The standard InChI is InChI=1S/C22H22N2O3/c1-24(15-16-11-12-17-7-3-4-8-18(17)13-16)21(25)14-23-22(26)19-9-5-6-10-20(19)27-2/h3-13H,14-15H2,1-2H3,(H,23,26). The molecular weight excluding hydrogens is 340 g/mol. The summed E-state index contributed by atoms with van der Waals surface area (Å²) in [5, 5.41) is 4.96. The maximum Gasteiger partial charge on any atom is 0.255 e. The van der Waals surface area contributed by atoms with Crippen molar-refractivity contribution in [3.8, 4) is 5.75 Å². The van der Waals surface area contributed by atoms with Crippen LogP contribution in [-0.4, -0.2) is 37.4 Å². The molecule has 0 radical (unpaired) electrons. The Hall–Kier alpha value is -3.34. The van der Waals surface area contributed by atoms with Crippen molar-refractivity contribution in [2.75, 3.05) is 20.7 Å². The summed E-state index contributed by atoms with van der Waals surface area (Å²) in [5.41, 5.74) is 1.45. The van der Waals surface area contributed by atoms with Gasteiger partial charge >= 0.3 is 0 Å². The summed E-state index contributed by atoms with van der Waals surface area (Å²) >= 11 is 0. The maximum atomic E-state index is 12.4. The number of hydrogen-bond acceptors (Lipinski definition) is 3. The summed E-state index contributed by atoms with van der Waals surface area (Å²) in [5.74, 6) is -0.0155. The van der Waals surface area contributed by atoms with Gasteiger partial charge in [0, 0.05) is 13.6 Å². The number of para-hydroxylation sites is 1. The highest BCUT2D eigenvalue weighted by atomic mass is 16.5. The Bertz CT molecular complexity index is 968. The minimum absolute atomic E-state index is 0.0685. The number of rotatable bonds is 6. The number of methoxy groups -OCH3 is 1. The number of nitrogens with zero attached hydrogens (tertiary/aromatic N) is 1. The van der Waals surface area contributed by atoms with Gasteiger partial charge < -0.3 is 15.0 Å². The van der Waals surface area contributed by atoms with Crippen LogP contribution in [0.4, 0.5) is 0 Å². The zero-order valence-corrected chi connectivity index (χ0v) is 15.4. The minimum Gasteiger partial charge on any atom is -0.496 e. The Kier molecular flexibility index (Phi) is 5.71. The quantitative estimate of drug-likeness (QED) is 0.732. The Labute approximate surface area is 158 Å².